The van der Waals surface area contributed by atoms with Crippen molar-refractivity contribution in [2.45, 2.75) is 27.2 Å². The zero-order chi connectivity index (χ0) is 12.8. The number of rotatable bonds is 2. The maximum atomic E-state index is 11.1. The Morgan fingerprint density at radius 2 is 1.94 bits per heavy atom. The van der Waals surface area contributed by atoms with Crippen LogP contribution >= 0.6 is 0 Å². The highest BCUT2D eigenvalue weighted by molar-refractivity contribution is 5.72. The van der Waals surface area contributed by atoms with Gasteiger partial charge in [-0.3, -0.25) is 4.79 Å². The lowest BCUT2D eigenvalue weighted by molar-refractivity contribution is -0.141. The highest BCUT2D eigenvalue weighted by atomic mass is 16.5. The molecular formula is C14H16O3. The molecule has 0 heterocycles. The number of carbonyl (C=O) groups excluding carboxylic acids is 1. The number of hydrogen-bond donors (Lipinski definition) is 1. The van der Waals surface area contributed by atoms with Crippen molar-refractivity contribution in [2.75, 3.05) is 6.61 Å². The van der Waals surface area contributed by atoms with Gasteiger partial charge in [0.25, 0.3) is 0 Å². The number of hydrogen-bond acceptors (Lipinski definition) is 3. The number of aryl methyl sites for hydroxylation is 2. The fourth-order valence-electron chi connectivity index (χ4n) is 1.46. The Kier molecular flexibility index (Phi) is 4.59. The topological polar surface area (TPSA) is 46.5 Å². The zero-order valence-corrected chi connectivity index (χ0v) is 10.3. The minimum Gasteiger partial charge on any atom is -0.507 e. The SMILES string of the molecule is CCOC(=O)CC#Cc1cc(C)c(O)c(C)c1. The summed E-state index contributed by atoms with van der Waals surface area (Å²) in [4.78, 5) is 11.1. The molecule has 0 atom stereocenters. The summed E-state index contributed by atoms with van der Waals surface area (Å²) in [6, 6.07) is 3.58. The van der Waals surface area contributed by atoms with Gasteiger partial charge in [0.15, 0.2) is 0 Å². The van der Waals surface area contributed by atoms with Gasteiger partial charge in [-0.1, -0.05) is 11.8 Å². The molecule has 1 aromatic rings. The van der Waals surface area contributed by atoms with Crippen LogP contribution in [0.5, 0.6) is 5.75 Å². The Hall–Kier alpha value is -1.95. The molecule has 0 amide bonds. The van der Waals surface area contributed by atoms with Crippen LogP contribution in [-0.2, 0) is 9.53 Å². The zero-order valence-electron chi connectivity index (χ0n) is 10.3. The molecular weight excluding hydrogens is 216 g/mol. The summed E-state index contributed by atoms with van der Waals surface area (Å²) in [5, 5.41) is 9.59. The van der Waals surface area contributed by atoms with Gasteiger partial charge in [-0.15, -0.1) is 0 Å². The Morgan fingerprint density at radius 3 is 2.47 bits per heavy atom. The number of carbonyl (C=O) groups is 1. The van der Waals surface area contributed by atoms with E-state index in [0.717, 1.165) is 16.7 Å². The average molecular weight is 232 g/mol. The summed E-state index contributed by atoms with van der Waals surface area (Å²) in [5.41, 5.74) is 2.36. The molecule has 0 aromatic heterocycles. The average Bonchev–Trinajstić information content (AvgIpc) is 2.26. The van der Waals surface area contributed by atoms with Crippen molar-refractivity contribution in [3.8, 4) is 17.6 Å². The van der Waals surface area contributed by atoms with Gasteiger partial charge in [-0.05, 0) is 44.0 Å². The number of phenolic OH excluding ortho intramolecular Hbond substituents is 1. The Balaban J connectivity index is 2.76. The molecule has 3 nitrogen and oxygen atoms in total. The van der Waals surface area contributed by atoms with Crippen molar-refractivity contribution < 1.29 is 14.6 Å². The lowest BCUT2D eigenvalue weighted by Crippen LogP contribution is -2.01. The summed E-state index contributed by atoms with van der Waals surface area (Å²) in [7, 11) is 0. The van der Waals surface area contributed by atoms with Crippen LogP contribution in [0.3, 0.4) is 0 Å². The van der Waals surface area contributed by atoms with Crippen LogP contribution in [0.15, 0.2) is 12.1 Å². The van der Waals surface area contributed by atoms with Crippen LogP contribution in [0.25, 0.3) is 0 Å². The first-order chi connectivity index (χ1) is 8.04. The first kappa shape index (κ1) is 13.1. The van der Waals surface area contributed by atoms with Crippen LogP contribution < -0.4 is 0 Å². The second kappa shape index (κ2) is 5.95. The third kappa shape index (κ3) is 3.84. The maximum Gasteiger partial charge on any atom is 0.317 e. The third-order valence-corrected chi connectivity index (χ3v) is 2.26. The number of phenols is 1. The van der Waals surface area contributed by atoms with Crippen LogP contribution in [0.2, 0.25) is 0 Å². The van der Waals surface area contributed by atoms with E-state index in [4.69, 9.17) is 4.74 Å². The molecule has 0 aliphatic heterocycles. The van der Waals surface area contributed by atoms with Crippen molar-refractivity contribution in [1.82, 2.24) is 0 Å². The number of benzene rings is 1. The Labute approximate surface area is 101 Å². The van der Waals surface area contributed by atoms with E-state index in [-0.39, 0.29) is 12.4 Å². The largest absolute Gasteiger partial charge is 0.507 e. The Bertz CT molecular complexity index is 455. The van der Waals surface area contributed by atoms with E-state index in [2.05, 4.69) is 11.8 Å². The molecule has 0 fully saturated rings. The molecule has 0 saturated carbocycles. The molecule has 1 aromatic carbocycles. The summed E-state index contributed by atoms with van der Waals surface area (Å²) < 4.78 is 4.76. The van der Waals surface area contributed by atoms with Crippen LogP contribution in [0.1, 0.15) is 30.0 Å². The van der Waals surface area contributed by atoms with E-state index in [1.165, 1.54) is 0 Å². The fraction of sp³-hybridized carbons (Fsp3) is 0.357. The quantitative estimate of drug-likeness (QED) is 0.628. The second-order valence-corrected chi connectivity index (χ2v) is 3.74. The van der Waals surface area contributed by atoms with E-state index < -0.39 is 0 Å². The highest BCUT2D eigenvalue weighted by Crippen LogP contribution is 2.22. The summed E-state index contributed by atoms with van der Waals surface area (Å²) in [6.07, 6.45) is 0.0901. The van der Waals surface area contributed by atoms with Crippen LogP contribution in [0, 0.1) is 25.7 Å². The smallest absolute Gasteiger partial charge is 0.317 e. The molecule has 0 saturated heterocycles. The molecule has 90 valence electrons. The third-order valence-electron chi connectivity index (χ3n) is 2.26. The van der Waals surface area contributed by atoms with Gasteiger partial charge in [-0.2, -0.15) is 0 Å². The van der Waals surface area contributed by atoms with E-state index in [1.54, 1.807) is 19.1 Å². The van der Waals surface area contributed by atoms with Crippen molar-refractivity contribution in [3.05, 3.63) is 28.8 Å². The standard InChI is InChI=1S/C14H16O3/c1-4-17-13(15)7-5-6-12-8-10(2)14(16)11(3)9-12/h8-9,16H,4,7H2,1-3H3. The van der Waals surface area contributed by atoms with Gasteiger partial charge in [0, 0.05) is 5.56 Å². The first-order valence-electron chi connectivity index (χ1n) is 5.49. The van der Waals surface area contributed by atoms with Crippen molar-refractivity contribution in [2.24, 2.45) is 0 Å². The van der Waals surface area contributed by atoms with E-state index >= 15 is 0 Å². The highest BCUT2D eigenvalue weighted by Gasteiger charge is 2.01. The predicted molar refractivity (Wildman–Crippen MR) is 65.7 cm³/mol. The lowest BCUT2D eigenvalue weighted by Gasteiger charge is -2.03. The molecule has 0 aliphatic carbocycles. The molecule has 0 bridgehead atoms. The predicted octanol–water partition coefficient (Wildman–Crippen LogP) is 2.31. The molecule has 0 aliphatic rings. The van der Waals surface area contributed by atoms with E-state index in [9.17, 15) is 9.90 Å². The van der Waals surface area contributed by atoms with Crippen LogP contribution in [-0.4, -0.2) is 17.7 Å². The monoisotopic (exact) mass is 232 g/mol. The minimum atomic E-state index is -0.313. The number of ether oxygens (including phenoxy) is 1. The van der Waals surface area contributed by atoms with Gasteiger partial charge >= 0.3 is 5.97 Å². The summed E-state index contributed by atoms with van der Waals surface area (Å²) in [5.74, 6) is 5.61. The minimum absolute atomic E-state index is 0.0901. The molecule has 1 rings (SSSR count). The normalized spacial score (nSPS) is 9.35. The summed E-state index contributed by atoms with van der Waals surface area (Å²) in [6.45, 7) is 5.77. The van der Waals surface area contributed by atoms with Crippen LogP contribution in [0.4, 0.5) is 0 Å². The van der Waals surface area contributed by atoms with Gasteiger partial charge < -0.3 is 9.84 Å². The fourth-order valence-corrected chi connectivity index (χ4v) is 1.46. The van der Waals surface area contributed by atoms with Crippen molar-refractivity contribution >= 4 is 5.97 Å². The molecule has 3 heteroatoms. The second-order valence-electron chi connectivity index (χ2n) is 3.74. The number of aromatic hydroxyl groups is 1. The van der Waals surface area contributed by atoms with Gasteiger partial charge in [-0.25, -0.2) is 0 Å². The Morgan fingerprint density at radius 1 is 1.35 bits per heavy atom. The molecule has 1 N–H and O–H groups in total. The van der Waals surface area contributed by atoms with Crippen molar-refractivity contribution in [1.29, 1.82) is 0 Å². The van der Waals surface area contributed by atoms with Crippen molar-refractivity contribution in [3.63, 3.8) is 0 Å². The first-order valence-corrected chi connectivity index (χ1v) is 5.49. The van der Waals surface area contributed by atoms with Gasteiger partial charge in [0.1, 0.15) is 12.2 Å². The van der Waals surface area contributed by atoms with E-state index in [0.29, 0.717) is 12.4 Å². The molecule has 0 spiro atoms. The maximum absolute atomic E-state index is 11.1. The lowest BCUT2D eigenvalue weighted by atomic mass is 10.1. The molecule has 17 heavy (non-hydrogen) atoms. The summed E-state index contributed by atoms with van der Waals surface area (Å²) >= 11 is 0. The number of esters is 1. The molecule has 0 radical (unpaired) electrons. The van der Waals surface area contributed by atoms with Gasteiger partial charge in [0.05, 0.1) is 6.61 Å². The molecule has 0 unspecified atom stereocenters. The van der Waals surface area contributed by atoms with Gasteiger partial charge in [0.2, 0.25) is 0 Å². The van der Waals surface area contributed by atoms with E-state index in [1.807, 2.05) is 13.8 Å².